The van der Waals surface area contributed by atoms with E-state index in [0.29, 0.717) is 17.8 Å². The molecule has 2 aromatic heterocycles. The zero-order chi connectivity index (χ0) is 18.9. The second kappa shape index (κ2) is 7.26. The first-order valence-electron chi connectivity index (χ1n) is 8.26. The van der Waals surface area contributed by atoms with E-state index < -0.39 is 15.6 Å². The molecule has 1 N–H and O–H groups in total. The molecule has 2 heterocycles. The summed E-state index contributed by atoms with van der Waals surface area (Å²) in [7, 11) is -3.97. The first kappa shape index (κ1) is 18.7. The molecule has 0 aliphatic rings. The van der Waals surface area contributed by atoms with Crippen molar-refractivity contribution in [1.82, 2.24) is 19.3 Å². The number of benzene rings is 1. The van der Waals surface area contributed by atoms with Gasteiger partial charge in [0.25, 0.3) is 5.56 Å². The third kappa shape index (κ3) is 3.69. The molecule has 3 rings (SSSR count). The molecule has 0 aliphatic carbocycles. The second-order valence-electron chi connectivity index (χ2n) is 6.01. The molecule has 3 aromatic rings. The number of nitrogens with zero attached hydrogens (tertiary/aromatic N) is 3. The molecule has 0 saturated carbocycles. The molecule has 0 bridgehead atoms. The number of nitrogens with one attached hydrogen (secondary N) is 1. The molecule has 7 nitrogen and oxygen atoms in total. The average molecular weight is 393 g/mol. The largest absolute Gasteiger partial charge is 0.295 e. The van der Waals surface area contributed by atoms with Gasteiger partial charge in [0.05, 0.1) is 5.69 Å². The van der Waals surface area contributed by atoms with E-state index in [1.54, 1.807) is 0 Å². The first-order valence-corrected chi connectivity index (χ1v) is 10.6. The first-order chi connectivity index (χ1) is 12.3. The summed E-state index contributed by atoms with van der Waals surface area (Å²) in [5, 5.41) is 4.88. The Labute approximate surface area is 155 Å². The number of aryl methyl sites for hydroxylation is 3. The molecule has 0 aliphatic heterocycles. The van der Waals surface area contributed by atoms with Crippen LogP contribution in [0.5, 0.6) is 0 Å². The van der Waals surface area contributed by atoms with Crippen LogP contribution in [-0.2, 0) is 22.9 Å². The van der Waals surface area contributed by atoms with Gasteiger partial charge in [0.2, 0.25) is 15.0 Å². The number of hydrogen-bond acceptors (Lipinski definition) is 6. The summed E-state index contributed by atoms with van der Waals surface area (Å²) >= 11 is 1.29. The summed E-state index contributed by atoms with van der Waals surface area (Å²) in [4.78, 5) is 17.0. The molecule has 1 aromatic carbocycles. The van der Waals surface area contributed by atoms with Crippen molar-refractivity contribution in [3.8, 4) is 0 Å². The van der Waals surface area contributed by atoms with Gasteiger partial charge in [-0.25, -0.2) is 18.1 Å². The number of fused-ring (bicyclic) bond motifs is 1. The van der Waals surface area contributed by atoms with E-state index in [2.05, 4.69) is 14.8 Å². The van der Waals surface area contributed by atoms with Crippen LogP contribution in [-0.4, -0.2) is 29.6 Å². The predicted octanol–water partition coefficient (Wildman–Crippen LogP) is 1.85. The van der Waals surface area contributed by atoms with Crippen LogP contribution in [0.25, 0.3) is 4.96 Å². The van der Waals surface area contributed by atoms with Crippen molar-refractivity contribution in [3.63, 3.8) is 0 Å². The maximum absolute atomic E-state index is 12.6. The van der Waals surface area contributed by atoms with Gasteiger partial charge in [-0.3, -0.25) is 4.79 Å². The zero-order valence-electron chi connectivity index (χ0n) is 14.8. The maximum atomic E-state index is 12.6. The average Bonchev–Trinajstić information content (AvgIpc) is 2.99. The molecule has 9 heteroatoms. The van der Waals surface area contributed by atoms with Crippen LogP contribution >= 0.6 is 11.3 Å². The van der Waals surface area contributed by atoms with Gasteiger partial charge in [-0.2, -0.15) is 9.61 Å². The van der Waals surface area contributed by atoms with Gasteiger partial charge in [0.1, 0.15) is 5.01 Å². The molecule has 0 unspecified atom stereocenters. The van der Waals surface area contributed by atoms with E-state index in [9.17, 15) is 13.2 Å². The fraction of sp³-hybridized carbons (Fsp3) is 0.353. The number of sulfonamides is 1. The minimum atomic E-state index is -3.97. The third-order valence-electron chi connectivity index (χ3n) is 3.98. The highest BCUT2D eigenvalue weighted by molar-refractivity contribution is 7.89. The van der Waals surface area contributed by atoms with Crippen LogP contribution < -0.4 is 10.3 Å². The van der Waals surface area contributed by atoms with E-state index in [-0.39, 0.29) is 17.1 Å². The topological polar surface area (TPSA) is 93.4 Å². The lowest BCUT2D eigenvalue weighted by Gasteiger charge is -2.08. The Morgan fingerprint density at radius 1 is 1.19 bits per heavy atom. The maximum Gasteiger partial charge on any atom is 0.295 e. The Balaban J connectivity index is 1.86. The van der Waals surface area contributed by atoms with E-state index in [1.807, 2.05) is 38.1 Å². The minimum absolute atomic E-state index is 0.184. The Morgan fingerprint density at radius 3 is 2.54 bits per heavy atom. The van der Waals surface area contributed by atoms with Gasteiger partial charge in [0, 0.05) is 6.54 Å². The minimum Gasteiger partial charge on any atom is -0.266 e. The van der Waals surface area contributed by atoms with Gasteiger partial charge >= 0.3 is 0 Å². The van der Waals surface area contributed by atoms with E-state index >= 15 is 0 Å². The molecular formula is C17H20N4O3S2. The van der Waals surface area contributed by atoms with Crippen molar-refractivity contribution in [2.24, 2.45) is 0 Å². The van der Waals surface area contributed by atoms with Gasteiger partial charge in [-0.1, -0.05) is 48.1 Å². The van der Waals surface area contributed by atoms with Crippen molar-refractivity contribution in [1.29, 1.82) is 0 Å². The standard InChI is InChI=1S/C17H20N4O3S2/c1-4-14-20-21-16(22)15(12(3)19-17(21)25-14)26(23,24)18-10-9-13-7-5-11(2)6-8-13/h5-8,18H,4,9-10H2,1-3H3. The Hall–Kier alpha value is -2.10. The highest BCUT2D eigenvalue weighted by atomic mass is 32.2. The summed E-state index contributed by atoms with van der Waals surface area (Å²) in [6.45, 7) is 5.64. The molecule has 0 saturated heterocycles. The molecule has 0 fully saturated rings. The van der Waals surface area contributed by atoms with Gasteiger partial charge < -0.3 is 0 Å². The van der Waals surface area contributed by atoms with Crippen molar-refractivity contribution in [3.05, 3.63) is 56.4 Å². The van der Waals surface area contributed by atoms with Crippen LogP contribution in [0.3, 0.4) is 0 Å². The van der Waals surface area contributed by atoms with E-state index in [1.165, 1.54) is 18.3 Å². The summed E-state index contributed by atoms with van der Waals surface area (Å²) < 4.78 is 28.9. The van der Waals surface area contributed by atoms with Crippen molar-refractivity contribution < 1.29 is 8.42 Å². The van der Waals surface area contributed by atoms with Crippen molar-refractivity contribution in [2.45, 2.75) is 38.5 Å². The van der Waals surface area contributed by atoms with Crippen LogP contribution in [0.4, 0.5) is 0 Å². The monoisotopic (exact) mass is 392 g/mol. The SMILES string of the molecule is CCc1nn2c(=O)c(S(=O)(=O)NCCc3ccc(C)cc3)c(C)nc2s1. The number of aromatic nitrogens is 3. The van der Waals surface area contributed by atoms with Crippen LogP contribution in [0, 0.1) is 13.8 Å². The van der Waals surface area contributed by atoms with Crippen LogP contribution in [0.15, 0.2) is 34.0 Å². The molecular weight excluding hydrogens is 372 g/mol. The lowest BCUT2D eigenvalue weighted by molar-refractivity contribution is 0.577. The van der Waals surface area contributed by atoms with Crippen LogP contribution in [0.1, 0.15) is 28.8 Å². The fourth-order valence-corrected chi connectivity index (χ4v) is 4.72. The van der Waals surface area contributed by atoms with E-state index in [4.69, 9.17) is 0 Å². The van der Waals surface area contributed by atoms with E-state index in [0.717, 1.165) is 20.6 Å². The summed E-state index contributed by atoms with van der Waals surface area (Å²) in [5.74, 6) is 0. The highest BCUT2D eigenvalue weighted by Crippen LogP contribution is 2.15. The Bertz CT molecular complexity index is 1100. The summed E-state index contributed by atoms with van der Waals surface area (Å²) in [5.41, 5.74) is 1.69. The van der Waals surface area contributed by atoms with Gasteiger partial charge in [0.15, 0.2) is 4.90 Å². The summed E-state index contributed by atoms with van der Waals surface area (Å²) in [6, 6.07) is 7.87. The molecule has 0 amide bonds. The van der Waals surface area contributed by atoms with Gasteiger partial charge in [-0.15, -0.1) is 0 Å². The number of rotatable bonds is 6. The molecule has 0 atom stereocenters. The Kier molecular flexibility index (Phi) is 5.22. The number of hydrogen-bond donors (Lipinski definition) is 1. The quantitative estimate of drug-likeness (QED) is 0.691. The summed E-state index contributed by atoms with van der Waals surface area (Å²) in [6.07, 6.45) is 1.19. The molecule has 138 valence electrons. The lowest BCUT2D eigenvalue weighted by Crippen LogP contribution is -2.33. The van der Waals surface area contributed by atoms with Crippen LogP contribution in [0.2, 0.25) is 0 Å². The van der Waals surface area contributed by atoms with Crippen molar-refractivity contribution in [2.75, 3.05) is 6.54 Å². The smallest absolute Gasteiger partial charge is 0.266 e. The molecule has 26 heavy (non-hydrogen) atoms. The second-order valence-corrected chi connectivity index (χ2v) is 8.75. The normalized spacial score (nSPS) is 12.0. The zero-order valence-corrected chi connectivity index (χ0v) is 16.4. The highest BCUT2D eigenvalue weighted by Gasteiger charge is 2.24. The Morgan fingerprint density at radius 2 is 1.88 bits per heavy atom. The van der Waals surface area contributed by atoms with Gasteiger partial charge in [-0.05, 0) is 32.3 Å². The molecule has 0 spiro atoms. The lowest BCUT2D eigenvalue weighted by atomic mass is 10.1. The van der Waals surface area contributed by atoms with Crippen molar-refractivity contribution >= 4 is 26.3 Å². The predicted molar refractivity (Wildman–Crippen MR) is 101 cm³/mol. The third-order valence-corrected chi connectivity index (χ3v) is 6.62. The molecule has 0 radical (unpaired) electrons. The fourth-order valence-electron chi connectivity index (χ4n) is 2.58.